The van der Waals surface area contributed by atoms with Crippen LogP contribution in [0.3, 0.4) is 0 Å². The minimum Gasteiger partial charge on any atom is -0.382 e. The van der Waals surface area contributed by atoms with Crippen LogP contribution in [0, 0.1) is 0 Å². The van der Waals surface area contributed by atoms with E-state index < -0.39 is 0 Å². The Morgan fingerprint density at radius 2 is 2.00 bits per heavy atom. The Kier molecular flexibility index (Phi) is 7.56. The summed E-state index contributed by atoms with van der Waals surface area (Å²) < 4.78 is 0. The van der Waals surface area contributed by atoms with Crippen molar-refractivity contribution in [2.75, 3.05) is 24.1 Å². The summed E-state index contributed by atoms with van der Waals surface area (Å²) in [6.07, 6.45) is 3.45. The van der Waals surface area contributed by atoms with Crippen LogP contribution in [0.1, 0.15) is 28.9 Å². The van der Waals surface area contributed by atoms with Gasteiger partial charge in [0.2, 0.25) is 0 Å². The Hall–Kier alpha value is -3.69. The molecule has 1 aliphatic heterocycles. The third-order valence-electron chi connectivity index (χ3n) is 5.43. The van der Waals surface area contributed by atoms with Crippen molar-refractivity contribution in [1.82, 2.24) is 25.9 Å². The van der Waals surface area contributed by atoms with Crippen molar-refractivity contribution in [3.63, 3.8) is 0 Å². The summed E-state index contributed by atoms with van der Waals surface area (Å²) in [5.41, 5.74) is 8.84. The molecule has 10 heteroatoms. The van der Waals surface area contributed by atoms with Gasteiger partial charge in [-0.15, -0.1) is 0 Å². The van der Waals surface area contributed by atoms with E-state index in [9.17, 15) is 9.59 Å². The fourth-order valence-corrected chi connectivity index (χ4v) is 3.79. The van der Waals surface area contributed by atoms with Gasteiger partial charge in [-0.1, -0.05) is 29.8 Å². The average Bonchev–Trinajstić information content (AvgIpc) is 2.85. The van der Waals surface area contributed by atoms with Gasteiger partial charge < -0.3 is 27.0 Å². The number of urea groups is 1. The number of anilines is 2. The van der Waals surface area contributed by atoms with Crippen LogP contribution < -0.4 is 27.0 Å². The van der Waals surface area contributed by atoms with Gasteiger partial charge in [-0.2, -0.15) is 0 Å². The molecule has 3 amide bonds. The molecule has 3 aromatic rings. The molecular weight excluding hydrogens is 454 g/mol. The number of hydrogen-bond acceptors (Lipinski definition) is 6. The summed E-state index contributed by atoms with van der Waals surface area (Å²) in [6.45, 7) is 1.98. The van der Waals surface area contributed by atoms with Gasteiger partial charge in [0.15, 0.2) is 11.5 Å². The van der Waals surface area contributed by atoms with E-state index >= 15 is 0 Å². The minimum atomic E-state index is -0.337. The van der Waals surface area contributed by atoms with E-state index in [1.54, 1.807) is 24.3 Å². The highest BCUT2D eigenvalue weighted by atomic mass is 35.5. The summed E-state index contributed by atoms with van der Waals surface area (Å²) >= 11 is 5.86. The number of nitrogen functional groups attached to an aromatic ring is 1. The maximum absolute atomic E-state index is 12.7. The Bertz CT molecular complexity index is 1160. The van der Waals surface area contributed by atoms with Crippen LogP contribution in [0.5, 0.6) is 0 Å². The second kappa shape index (κ2) is 11.0. The molecule has 0 spiro atoms. The number of hydrogen-bond donors (Lipinski definition) is 5. The molecule has 0 bridgehead atoms. The molecule has 1 saturated heterocycles. The number of benzene rings is 2. The molecule has 1 aliphatic rings. The van der Waals surface area contributed by atoms with Crippen molar-refractivity contribution in [3.05, 3.63) is 71.0 Å². The van der Waals surface area contributed by atoms with Gasteiger partial charge in [-0.3, -0.25) is 4.79 Å². The van der Waals surface area contributed by atoms with E-state index in [1.165, 1.54) is 6.20 Å². The van der Waals surface area contributed by atoms with Crippen molar-refractivity contribution < 1.29 is 9.59 Å². The standard InChI is InChI=1S/C24H26ClN7O2/c25-17-6-8-18(9-7-17)31-24(34)29-12-15-3-1-4-16(11-15)20-14-28-22(26)21(32-20)23(33)30-19-5-2-10-27-13-19/h1,3-4,6-9,11,14,19,27H,2,5,10,12-13H2,(H2,26,28)(H,30,33)(H2,29,31,34). The summed E-state index contributed by atoms with van der Waals surface area (Å²) in [7, 11) is 0. The van der Waals surface area contributed by atoms with Crippen molar-refractivity contribution in [2.45, 2.75) is 25.4 Å². The summed E-state index contributed by atoms with van der Waals surface area (Å²) in [6, 6.07) is 14.1. The second-order valence-corrected chi connectivity index (χ2v) is 8.46. The van der Waals surface area contributed by atoms with Crippen LogP contribution in [0.25, 0.3) is 11.3 Å². The first-order valence-electron chi connectivity index (χ1n) is 11.0. The zero-order chi connectivity index (χ0) is 23.9. The lowest BCUT2D eigenvalue weighted by Crippen LogP contribution is -2.46. The molecule has 4 rings (SSSR count). The van der Waals surface area contributed by atoms with Crippen molar-refractivity contribution in [1.29, 1.82) is 0 Å². The predicted molar refractivity (Wildman–Crippen MR) is 133 cm³/mol. The van der Waals surface area contributed by atoms with Crippen LogP contribution in [0.4, 0.5) is 16.3 Å². The zero-order valence-corrected chi connectivity index (χ0v) is 19.2. The number of nitrogens with zero attached hydrogens (tertiary/aromatic N) is 2. The fourth-order valence-electron chi connectivity index (χ4n) is 3.66. The van der Waals surface area contributed by atoms with Crippen LogP contribution in [0.15, 0.2) is 54.7 Å². The van der Waals surface area contributed by atoms with Crippen LogP contribution in [-0.4, -0.2) is 41.0 Å². The van der Waals surface area contributed by atoms with Gasteiger partial charge >= 0.3 is 6.03 Å². The number of carbonyl (C=O) groups excluding carboxylic acids is 2. The molecule has 9 nitrogen and oxygen atoms in total. The van der Waals surface area contributed by atoms with E-state index in [1.807, 2.05) is 24.3 Å². The number of amides is 3. The Morgan fingerprint density at radius 3 is 2.76 bits per heavy atom. The lowest BCUT2D eigenvalue weighted by molar-refractivity contribution is 0.0926. The first-order chi connectivity index (χ1) is 16.5. The molecule has 1 fully saturated rings. The molecule has 0 radical (unpaired) electrons. The van der Waals surface area contributed by atoms with Gasteiger partial charge in [0.05, 0.1) is 11.9 Å². The molecule has 2 heterocycles. The van der Waals surface area contributed by atoms with Crippen LogP contribution >= 0.6 is 11.6 Å². The van der Waals surface area contributed by atoms with Gasteiger partial charge in [-0.05, 0) is 55.3 Å². The van der Waals surface area contributed by atoms with Crippen molar-refractivity contribution in [3.8, 4) is 11.3 Å². The molecule has 0 aliphatic carbocycles. The maximum Gasteiger partial charge on any atom is 0.319 e. The topological polar surface area (TPSA) is 134 Å². The quantitative estimate of drug-likeness (QED) is 0.368. The zero-order valence-electron chi connectivity index (χ0n) is 18.5. The van der Waals surface area contributed by atoms with E-state index in [4.69, 9.17) is 17.3 Å². The molecule has 34 heavy (non-hydrogen) atoms. The number of carbonyl (C=O) groups is 2. The number of aromatic nitrogens is 2. The maximum atomic E-state index is 12.7. The third kappa shape index (κ3) is 6.21. The Balaban J connectivity index is 1.41. The first-order valence-corrected chi connectivity index (χ1v) is 11.4. The highest BCUT2D eigenvalue weighted by Crippen LogP contribution is 2.20. The number of halogens is 1. The van der Waals surface area contributed by atoms with Gasteiger partial charge in [0.1, 0.15) is 0 Å². The second-order valence-electron chi connectivity index (χ2n) is 8.02. The fraction of sp³-hybridized carbons (Fsp3) is 0.250. The van der Waals surface area contributed by atoms with Gasteiger partial charge in [-0.25, -0.2) is 14.8 Å². The van der Waals surface area contributed by atoms with E-state index in [0.29, 0.717) is 22.9 Å². The van der Waals surface area contributed by atoms with E-state index in [-0.39, 0.29) is 29.5 Å². The monoisotopic (exact) mass is 479 g/mol. The first kappa shape index (κ1) is 23.5. The normalized spacial score (nSPS) is 15.4. The van der Waals surface area contributed by atoms with Crippen molar-refractivity contribution in [2.24, 2.45) is 0 Å². The molecule has 1 aromatic heterocycles. The molecule has 2 aromatic carbocycles. The highest BCUT2D eigenvalue weighted by Gasteiger charge is 2.20. The molecule has 1 unspecified atom stereocenters. The molecular formula is C24H26ClN7O2. The number of rotatable bonds is 6. The smallest absolute Gasteiger partial charge is 0.319 e. The lowest BCUT2D eigenvalue weighted by Gasteiger charge is -2.23. The third-order valence-corrected chi connectivity index (χ3v) is 5.68. The van der Waals surface area contributed by atoms with Gasteiger partial charge in [0.25, 0.3) is 5.91 Å². The van der Waals surface area contributed by atoms with Crippen LogP contribution in [0.2, 0.25) is 5.02 Å². The molecule has 176 valence electrons. The van der Waals surface area contributed by atoms with E-state index in [2.05, 4.69) is 31.2 Å². The summed E-state index contributed by atoms with van der Waals surface area (Å²) in [5, 5.41) is 12.4. The predicted octanol–water partition coefficient (Wildman–Crippen LogP) is 3.18. The lowest BCUT2D eigenvalue weighted by atomic mass is 10.1. The van der Waals surface area contributed by atoms with E-state index in [0.717, 1.165) is 37.1 Å². The Labute approximate surface area is 202 Å². The van der Waals surface area contributed by atoms with Gasteiger partial charge in [0, 0.05) is 35.4 Å². The SMILES string of the molecule is Nc1ncc(-c2cccc(CNC(=O)Nc3ccc(Cl)cc3)c2)nc1C(=O)NC1CCCNC1. The van der Waals surface area contributed by atoms with Crippen LogP contribution in [-0.2, 0) is 6.54 Å². The number of nitrogens with two attached hydrogens (primary N) is 1. The average molecular weight is 480 g/mol. The Morgan fingerprint density at radius 1 is 1.18 bits per heavy atom. The number of piperidine rings is 1. The highest BCUT2D eigenvalue weighted by molar-refractivity contribution is 6.30. The summed E-state index contributed by atoms with van der Waals surface area (Å²) in [4.78, 5) is 33.6. The van der Waals surface area contributed by atoms with Crippen molar-refractivity contribution >= 4 is 35.0 Å². The molecule has 6 N–H and O–H groups in total. The largest absolute Gasteiger partial charge is 0.382 e. The molecule has 1 atom stereocenters. The minimum absolute atomic E-state index is 0.0412. The molecule has 0 saturated carbocycles. The number of nitrogens with one attached hydrogen (secondary N) is 4. The summed E-state index contributed by atoms with van der Waals surface area (Å²) in [5.74, 6) is -0.251.